The van der Waals surface area contributed by atoms with Crippen LogP contribution >= 0.6 is 11.3 Å². The Morgan fingerprint density at radius 2 is 2.39 bits per heavy atom. The van der Waals surface area contributed by atoms with Crippen LogP contribution in [0, 0.1) is 11.3 Å². The molecule has 6 heteroatoms. The fraction of sp³-hybridized carbons (Fsp3) is 0.667. The van der Waals surface area contributed by atoms with E-state index in [9.17, 15) is 0 Å². The predicted molar refractivity (Wildman–Crippen MR) is 73.7 cm³/mol. The molecule has 0 fully saturated rings. The summed E-state index contributed by atoms with van der Waals surface area (Å²) in [6, 6.07) is 2.18. The second kappa shape index (κ2) is 8.86. The molecule has 0 saturated heterocycles. The number of ether oxygens (including phenoxy) is 1. The van der Waals surface area contributed by atoms with Crippen LogP contribution in [0.25, 0.3) is 0 Å². The van der Waals surface area contributed by atoms with Crippen LogP contribution in [0.4, 0.5) is 5.13 Å². The van der Waals surface area contributed by atoms with E-state index in [1.54, 1.807) is 18.4 Å². The summed E-state index contributed by atoms with van der Waals surface area (Å²) in [5.74, 6) is 0. The van der Waals surface area contributed by atoms with Crippen molar-refractivity contribution in [2.45, 2.75) is 19.9 Å². The van der Waals surface area contributed by atoms with Crippen LogP contribution in [-0.2, 0) is 11.3 Å². The molecule has 0 aliphatic heterocycles. The van der Waals surface area contributed by atoms with Crippen molar-refractivity contribution in [1.29, 1.82) is 5.26 Å². The Kier molecular flexibility index (Phi) is 7.34. The minimum atomic E-state index is 0.544. The maximum Gasteiger partial charge on any atom is 0.182 e. The van der Waals surface area contributed by atoms with Gasteiger partial charge in [0.05, 0.1) is 12.7 Å². The summed E-state index contributed by atoms with van der Waals surface area (Å²) in [5, 5.41) is 12.8. The van der Waals surface area contributed by atoms with Gasteiger partial charge in [-0.3, -0.25) is 4.90 Å². The van der Waals surface area contributed by atoms with E-state index in [2.05, 4.69) is 28.2 Å². The third kappa shape index (κ3) is 5.45. The fourth-order valence-electron chi connectivity index (χ4n) is 1.53. The number of anilines is 1. The SMILES string of the molecule is CCNc1ncc(CN(CCC#N)CCOC)s1. The van der Waals surface area contributed by atoms with E-state index in [4.69, 9.17) is 10.00 Å². The number of thiazole rings is 1. The van der Waals surface area contributed by atoms with Gasteiger partial charge in [-0.2, -0.15) is 5.26 Å². The maximum atomic E-state index is 8.65. The number of methoxy groups -OCH3 is 1. The molecule has 0 unspecified atom stereocenters. The van der Waals surface area contributed by atoms with Crippen LogP contribution in [-0.4, -0.2) is 43.2 Å². The Bertz CT molecular complexity index is 374. The molecule has 18 heavy (non-hydrogen) atoms. The Morgan fingerprint density at radius 3 is 3.06 bits per heavy atom. The number of nitrogens with zero attached hydrogens (tertiary/aromatic N) is 3. The molecule has 0 saturated carbocycles. The van der Waals surface area contributed by atoms with Crippen LogP contribution in [0.1, 0.15) is 18.2 Å². The second-order valence-corrected chi connectivity index (χ2v) is 4.95. The van der Waals surface area contributed by atoms with E-state index in [0.29, 0.717) is 13.0 Å². The van der Waals surface area contributed by atoms with Gasteiger partial charge in [-0.05, 0) is 6.92 Å². The smallest absolute Gasteiger partial charge is 0.182 e. The molecule has 0 bridgehead atoms. The predicted octanol–water partition coefficient (Wildman–Crippen LogP) is 1.94. The Balaban J connectivity index is 2.49. The molecule has 0 atom stereocenters. The zero-order valence-electron chi connectivity index (χ0n) is 11.0. The molecule has 5 nitrogen and oxygen atoms in total. The van der Waals surface area contributed by atoms with Crippen molar-refractivity contribution < 1.29 is 4.74 Å². The molecule has 1 aromatic heterocycles. The Labute approximate surface area is 112 Å². The second-order valence-electron chi connectivity index (χ2n) is 3.84. The van der Waals surface area contributed by atoms with Gasteiger partial charge in [0.25, 0.3) is 0 Å². The molecule has 0 aliphatic carbocycles. The average molecular weight is 268 g/mol. The van der Waals surface area contributed by atoms with Gasteiger partial charge in [0.1, 0.15) is 0 Å². The van der Waals surface area contributed by atoms with Crippen molar-refractivity contribution in [3.05, 3.63) is 11.1 Å². The van der Waals surface area contributed by atoms with Gasteiger partial charge in [0, 0.05) is 50.8 Å². The van der Waals surface area contributed by atoms with Crippen LogP contribution in [0.5, 0.6) is 0 Å². The third-order valence-electron chi connectivity index (χ3n) is 2.41. The first kappa shape index (κ1) is 14.9. The fourth-order valence-corrected chi connectivity index (χ4v) is 2.46. The number of aromatic nitrogens is 1. The first-order valence-corrected chi connectivity index (χ1v) is 6.88. The monoisotopic (exact) mass is 268 g/mol. The van der Waals surface area contributed by atoms with Crippen LogP contribution in [0.3, 0.4) is 0 Å². The third-order valence-corrected chi connectivity index (χ3v) is 3.35. The van der Waals surface area contributed by atoms with Gasteiger partial charge in [-0.15, -0.1) is 11.3 Å². The van der Waals surface area contributed by atoms with E-state index in [1.807, 2.05) is 6.20 Å². The summed E-state index contributed by atoms with van der Waals surface area (Å²) in [7, 11) is 1.69. The molecule has 0 radical (unpaired) electrons. The first-order valence-electron chi connectivity index (χ1n) is 6.07. The zero-order valence-corrected chi connectivity index (χ0v) is 11.8. The highest BCUT2D eigenvalue weighted by molar-refractivity contribution is 7.15. The lowest BCUT2D eigenvalue weighted by atomic mass is 10.3. The highest BCUT2D eigenvalue weighted by Gasteiger charge is 2.08. The molecule has 0 aromatic carbocycles. The van der Waals surface area contributed by atoms with E-state index >= 15 is 0 Å². The standard InChI is InChI=1S/C12H20N4OS/c1-3-14-12-15-9-11(18-12)10-16(6-4-5-13)7-8-17-2/h9H,3-4,6-8,10H2,1-2H3,(H,14,15). The van der Waals surface area contributed by atoms with Crippen molar-refractivity contribution >= 4 is 16.5 Å². The number of hydrogen-bond donors (Lipinski definition) is 1. The van der Waals surface area contributed by atoms with E-state index in [-0.39, 0.29) is 0 Å². The summed E-state index contributed by atoms with van der Waals surface area (Å²) in [6.07, 6.45) is 2.44. The van der Waals surface area contributed by atoms with Gasteiger partial charge >= 0.3 is 0 Å². The molecule has 1 aromatic rings. The van der Waals surface area contributed by atoms with Crippen molar-refractivity contribution in [1.82, 2.24) is 9.88 Å². The maximum absolute atomic E-state index is 8.65. The summed E-state index contributed by atoms with van der Waals surface area (Å²) in [5.41, 5.74) is 0. The van der Waals surface area contributed by atoms with Gasteiger partial charge < -0.3 is 10.1 Å². The lowest BCUT2D eigenvalue weighted by molar-refractivity contribution is 0.146. The average Bonchev–Trinajstić information content (AvgIpc) is 2.80. The topological polar surface area (TPSA) is 61.2 Å². The first-order chi connectivity index (χ1) is 8.80. The molecule has 1 N–H and O–H groups in total. The highest BCUT2D eigenvalue weighted by atomic mass is 32.1. The normalized spacial score (nSPS) is 10.6. The number of hydrogen-bond acceptors (Lipinski definition) is 6. The van der Waals surface area contributed by atoms with E-state index in [0.717, 1.165) is 31.3 Å². The molecule has 1 rings (SSSR count). The zero-order chi connectivity index (χ0) is 13.2. The van der Waals surface area contributed by atoms with Gasteiger partial charge in [-0.1, -0.05) is 0 Å². The molecule has 0 amide bonds. The van der Waals surface area contributed by atoms with E-state index < -0.39 is 0 Å². The molecular formula is C12H20N4OS. The molecular weight excluding hydrogens is 248 g/mol. The molecule has 1 heterocycles. The summed E-state index contributed by atoms with van der Waals surface area (Å²) in [6.45, 7) is 6.06. The largest absolute Gasteiger partial charge is 0.383 e. The summed E-state index contributed by atoms with van der Waals surface area (Å²) in [4.78, 5) is 7.73. The van der Waals surface area contributed by atoms with Crippen LogP contribution in [0.15, 0.2) is 6.20 Å². The van der Waals surface area contributed by atoms with Crippen LogP contribution in [0.2, 0.25) is 0 Å². The van der Waals surface area contributed by atoms with Crippen molar-refractivity contribution in [3.8, 4) is 6.07 Å². The quantitative estimate of drug-likeness (QED) is 0.741. The Hall–Kier alpha value is -1.16. The minimum Gasteiger partial charge on any atom is -0.383 e. The molecule has 100 valence electrons. The van der Waals surface area contributed by atoms with Gasteiger partial charge in [0.15, 0.2) is 5.13 Å². The Morgan fingerprint density at radius 1 is 1.56 bits per heavy atom. The van der Waals surface area contributed by atoms with Crippen molar-refractivity contribution in [3.63, 3.8) is 0 Å². The van der Waals surface area contributed by atoms with Crippen LogP contribution < -0.4 is 5.32 Å². The molecule has 0 aliphatic rings. The number of nitrogens with one attached hydrogen (secondary N) is 1. The lowest BCUT2D eigenvalue weighted by Gasteiger charge is -2.19. The van der Waals surface area contributed by atoms with E-state index in [1.165, 1.54) is 4.88 Å². The lowest BCUT2D eigenvalue weighted by Crippen LogP contribution is -2.27. The van der Waals surface area contributed by atoms with Crippen molar-refractivity contribution in [2.75, 3.05) is 38.7 Å². The molecule has 0 spiro atoms. The number of rotatable bonds is 9. The van der Waals surface area contributed by atoms with Gasteiger partial charge in [-0.25, -0.2) is 4.98 Å². The summed E-state index contributed by atoms with van der Waals surface area (Å²) < 4.78 is 5.08. The highest BCUT2D eigenvalue weighted by Crippen LogP contribution is 2.19. The number of nitriles is 1. The van der Waals surface area contributed by atoms with Gasteiger partial charge in [0.2, 0.25) is 0 Å². The summed E-state index contributed by atoms with van der Waals surface area (Å²) >= 11 is 1.67. The minimum absolute atomic E-state index is 0.544. The van der Waals surface area contributed by atoms with Crippen molar-refractivity contribution in [2.24, 2.45) is 0 Å².